The Labute approximate surface area is 77.6 Å². The molecule has 0 aromatic heterocycles. The third-order valence-electron chi connectivity index (χ3n) is 0.526. The Morgan fingerprint density at radius 1 is 1.00 bits per heavy atom. The highest BCUT2D eigenvalue weighted by molar-refractivity contribution is 5.79. The highest BCUT2D eigenvalue weighted by atomic mass is 14.7. The van der Waals surface area contributed by atoms with E-state index in [2.05, 4.69) is 4.99 Å². The van der Waals surface area contributed by atoms with Gasteiger partial charge in [0.15, 0.2) is 0 Å². The molecular weight excluding hydrogens is 148 g/mol. The van der Waals surface area contributed by atoms with Crippen LogP contribution in [0, 0.1) is 0 Å². The summed E-state index contributed by atoms with van der Waals surface area (Å²) in [6.45, 7) is 13.7. The zero-order valence-corrected chi connectivity index (χ0v) is 9.60. The van der Waals surface area contributed by atoms with Crippen LogP contribution < -0.4 is 5.73 Å². The molecule has 0 rings (SSSR count). The van der Waals surface area contributed by atoms with Crippen molar-refractivity contribution in [3.8, 4) is 0 Å². The van der Waals surface area contributed by atoms with E-state index in [9.17, 15) is 0 Å². The van der Waals surface area contributed by atoms with Crippen LogP contribution in [-0.2, 0) is 0 Å². The number of rotatable bonds is 1. The van der Waals surface area contributed by atoms with Gasteiger partial charge in [-0.1, -0.05) is 27.7 Å². The molecule has 0 aliphatic carbocycles. The van der Waals surface area contributed by atoms with Crippen molar-refractivity contribution < 1.29 is 0 Å². The van der Waals surface area contributed by atoms with Crippen LogP contribution in [0.1, 0.15) is 48.5 Å². The second-order valence-corrected chi connectivity index (χ2v) is 1.95. The van der Waals surface area contributed by atoms with Crippen LogP contribution in [0.5, 0.6) is 0 Å². The Morgan fingerprint density at radius 2 is 1.33 bits per heavy atom. The fraction of sp³-hybridized carbons (Fsp3) is 0.700. The minimum absolute atomic E-state index is 0.742. The number of hydrogen-bond acceptors (Lipinski definition) is 2. The largest absolute Gasteiger partial charge is 0.401 e. The SMILES string of the molecule is CC.CC.CC(C)=N/C=C(/C)N. The van der Waals surface area contributed by atoms with E-state index in [1.54, 1.807) is 6.20 Å². The number of nitrogens with zero attached hydrogens (tertiary/aromatic N) is 1. The first-order valence-electron chi connectivity index (χ1n) is 4.56. The van der Waals surface area contributed by atoms with E-state index >= 15 is 0 Å². The topological polar surface area (TPSA) is 38.4 Å². The summed E-state index contributed by atoms with van der Waals surface area (Å²) in [6.07, 6.45) is 1.65. The quantitative estimate of drug-likeness (QED) is 0.605. The normalized spacial score (nSPS) is 8.42. The van der Waals surface area contributed by atoms with Gasteiger partial charge < -0.3 is 5.73 Å². The van der Waals surface area contributed by atoms with E-state index in [4.69, 9.17) is 5.73 Å². The zero-order chi connectivity index (χ0) is 10.6. The average molecular weight is 172 g/mol. The minimum Gasteiger partial charge on any atom is -0.401 e. The summed E-state index contributed by atoms with van der Waals surface area (Å²) in [6, 6.07) is 0. The van der Waals surface area contributed by atoms with E-state index in [1.807, 2.05) is 48.5 Å². The van der Waals surface area contributed by atoms with Crippen molar-refractivity contribution in [1.82, 2.24) is 0 Å². The van der Waals surface area contributed by atoms with Crippen molar-refractivity contribution in [3.05, 3.63) is 11.9 Å². The van der Waals surface area contributed by atoms with Crippen LogP contribution in [0.3, 0.4) is 0 Å². The van der Waals surface area contributed by atoms with E-state index in [1.165, 1.54) is 0 Å². The molecule has 0 saturated heterocycles. The minimum atomic E-state index is 0.742. The van der Waals surface area contributed by atoms with Gasteiger partial charge in [-0.25, -0.2) is 0 Å². The number of aliphatic imine (C=N–C) groups is 1. The lowest BCUT2D eigenvalue weighted by Crippen LogP contribution is -1.89. The molecule has 0 atom stereocenters. The van der Waals surface area contributed by atoms with Gasteiger partial charge in [0.1, 0.15) is 0 Å². The second-order valence-electron chi connectivity index (χ2n) is 1.95. The molecule has 0 spiro atoms. The van der Waals surface area contributed by atoms with Crippen LogP contribution >= 0.6 is 0 Å². The summed E-state index contributed by atoms with van der Waals surface area (Å²) >= 11 is 0. The van der Waals surface area contributed by atoms with Crippen molar-refractivity contribution >= 4 is 5.71 Å². The lowest BCUT2D eigenvalue weighted by Gasteiger charge is -1.84. The van der Waals surface area contributed by atoms with Crippen LogP contribution in [-0.4, -0.2) is 5.71 Å². The zero-order valence-electron chi connectivity index (χ0n) is 9.60. The summed E-state index contributed by atoms with van der Waals surface area (Å²) < 4.78 is 0. The van der Waals surface area contributed by atoms with Crippen LogP contribution in [0.25, 0.3) is 0 Å². The maximum Gasteiger partial charge on any atom is 0.0451 e. The molecule has 2 N–H and O–H groups in total. The van der Waals surface area contributed by atoms with E-state index in [0.29, 0.717) is 0 Å². The van der Waals surface area contributed by atoms with Crippen molar-refractivity contribution in [2.75, 3.05) is 0 Å². The Bertz CT molecular complexity index is 99.8. The summed E-state index contributed by atoms with van der Waals surface area (Å²) in [5.74, 6) is 0. The molecule has 0 aliphatic heterocycles. The van der Waals surface area contributed by atoms with Crippen molar-refractivity contribution in [1.29, 1.82) is 0 Å². The van der Waals surface area contributed by atoms with Gasteiger partial charge in [0, 0.05) is 17.6 Å². The molecular formula is C10H24N2. The highest BCUT2D eigenvalue weighted by Crippen LogP contribution is 1.81. The smallest absolute Gasteiger partial charge is 0.0451 e. The molecule has 0 heterocycles. The molecule has 0 radical (unpaired) electrons. The summed E-state index contributed by atoms with van der Waals surface area (Å²) in [7, 11) is 0. The van der Waals surface area contributed by atoms with Gasteiger partial charge in [-0.3, -0.25) is 4.99 Å². The van der Waals surface area contributed by atoms with E-state index in [0.717, 1.165) is 11.4 Å². The van der Waals surface area contributed by atoms with Gasteiger partial charge in [0.05, 0.1) is 0 Å². The molecule has 2 nitrogen and oxygen atoms in total. The Balaban J connectivity index is -0.000000175. The van der Waals surface area contributed by atoms with Gasteiger partial charge in [-0.15, -0.1) is 0 Å². The predicted octanol–water partition coefficient (Wildman–Crippen LogP) is 3.34. The molecule has 0 aromatic carbocycles. The summed E-state index contributed by atoms with van der Waals surface area (Å²) in [5, 5.41) is 0. The maximum atomic E-state index is 5.29. The van der Waals surface area contributed by atoms with Crippen LogP contribution in [0.4, 0.5) is 0 Å². The molecule has 0 fully saturated rings. The molecule has 2 heteroatoms. The third-order valence-corrected chi connectivity index (χ3v) is 0.526. The maximum absolute atomic E-state index is 5.29. The Morgan fingerprint density at radius 3 is 1.42 bits per heavy atom. The third kappa shape index (κ3) is 35.0. The first kappa shape index (κ1) is 17.3. The average Bonchev–Trinajstić information content (AvgIpc) is 2.08. The monoisotopic (exact) mass is 172 g/mol. The first-order chi connectivity index (χ1) is 5.63. The van der Waals surface area contributed by atoms with E-state index < -0.39 is 0 Å². The van der Waals surface area contributed by atoms with Crippen LogP contribution in [0.2, 0.25) is 0 Å². The summed E-state index contributed by atoms with van der Waals surface area (Å²) in [5.41, 5.74) is 7.06. The molecule has 74 valence electrons. The van der Waals surface area contributed by atoms with E-state index in [-0.39, 0.29) is 0 Å². The Hall–Kier alpha value is -0.790. The summed E-state index contributed by atoms with van der Waals surface area (Å²) in [4.78, 5) is 3.95. The van der Waals surface area contributed by atoms with Gasteiger partial charge >= 0.3 is 0 Å². The predicted molar refractivity (Wildman–Crippen MR) is 59.4 cm³/mol. The highest BCUT2D eigenvalue weighted by Gasteiger charge is 1.73. The number of nitrogens with two attached hydrogens (primary N) is 1. The fourth-order valence-corrected chi connectivity index (χ4v) is 0.231. The van der Waals surface area contributed by atoms with Crippen LogP contribution in [0.15, 0.2) is 16.9 Å². The molecule has 0 bridgehead atoms. The van der Waals surface area contributed by atoms with Crippen molar-refractivity contribution in [3.63, 3.8) is 0 Å². The molecule has 0 aliphatic rings. The van der Waals surface area contributed by atoms with Gasteiger partial charge in [0.25, 0.3) is 0 Å². The second kappa shape index (κ2) is 16.7. The lowest BCUT2D eigenvalue weighted by atomic mass is 10.5. The molecule has 0 unspecified atom stereocenters. The molecule has 0 saturated carbocycles. The number of allylic oxidation sites excluding steroid dienone is 1. The molecule has 0 amide bonds. The molecule has 12 heavy (non-hydrogen) atoms. The van der Waals surface area contributed by atoms with Gasteiger partial charge in [0.2, 0.25) is 0 Å². The molecule has 0 aromatic rings. The van der Waals surface area contributed by atoms with Crippen molar-refractivity contribution in [2.45, 2.75) is 48.5 Å². The van der Waals surface area contributed by atoms with Gasteiger partial charge in [-0.05, 0) is 20.8 Å². The Kier molecular flexibility index (Phi) is 24.1. The standard InChI is InChI=1S/C6H12N2.2C2H6/c1-5(2)8-4-6(3)7;2*1-2/h4H,7H2,1-3H3;2*1-2H3/b6-4-;;. The fourth-order valence-electron chi connectivity index (χ4n) is 0.231. The van der Waals surface area contributed by atoms with Crippen molar-refractivity contribution in [2.24, 2.45) is 10.7 Å². The number of hydrogen-bond donors (Lipinski definition) is 1. The lowest BCUT2D eigenvalue weighted by molar-refractivity contribution is 1.27. The van der Waals surface area contributed by atoms with Gasteiger partial charge in [-0.2, -0.15) is 0 Å². The first-order valence-corrected chi connectivity index (χ1v) is 4.56.